The van der Waals surface area contributed by atoms with Gasteiger partial charge in [-0.25, -0.2) is 4.79 Å². The Hall–Kier alpha value is -1.42. The van der Waals surface area contributed by atoms with Gasteiger partial charge in [0.15, 0.2) is 0 Å². The summed E-state index contributed by atoms with van der Waals surface area (Å²) in [5.41, 5.74) is 8.57. The van der Waals surface area contributed by atoms with Gasteiger partial charge < -0.3 is 10.1 Å². The molecule has 102 valence electrons. The summed E-state index contributed by atoms with van der Waals surface area (Å²) in [6.45, 7) is 8.17. The van der Waals surface area contributed by atoms with E-state index in [9.17, 15) is 4.79 Å². The molecule has 1 aliphatic heterocycles. The van der Waals surface area contributed by atoms with Crippen molar-refractivity contribution in [2.24, 2.45) is 17.0 Å². The van der Waals surface area contributed by atoms with E-state index in [1.165, 1.54) is 0 Å². The molecule has 1 N–H and O–H groups in total. The summed E-state index contributed by atoms with van der Waals surface area (Å²) in [7, 11) is 0. The van der Waals surface area contributed by atoms with Gasteiger partial charge in [-0.05, 0) is 23.8 Å². The standard InChI is InChI=1S/C12H22N4O2/c1-5-8(4)11-10(18-12(17)14-11)6-9(7(2)3)15-16-13/h7-11H,5-6H2,1-4H3,(H,14,17)/t8?,9-,10-,11+/m1/s1. The summed E-state index contributed by atoms with van der Waals surface area (Å²) < 4.78 is 5.29. The van der Waals surface area contributed by atoms with Gasteiger partial charge in [-0.15, -0.1) is 0 Å². The van der Waals surface area contributed by atoms with Crippen LogP contribution in [0.4, 0.5) is 4.79 Å². The van der Waals surface area contributed by atoms with Crippen LogP contribution in [0.1, 0.15) is 40.5 Å². The van der Waals surface area contributed by atoms with Crippen LogP contribution in [0.5, 0.6) is 0 Å². The topological polar surface area (TPSA) is 87.1 Å². The van der Waals surface area contributed by atoms with Gasteiger partial charge in [-0.1, -0.05) is 39.2 Å². The highest BCUT2D eigenvalue weighted by Crippen LogP contribution is 2.25. The van der Waals surface area contributed by atoms with Gasteiger partial charge in [0.25, 0.3) is 0 Å². The van der Waals surface area contributed by atoms with Crippen molar-refractivity contribution in [1.29, 1.82) is 0 Å². The lowest BCUT2D eigenvalue weighted by molar-refractivity contribution is 0.108. The molecule has 4 atom stereocenters. The molecule has 0 aromatic heterocycles. The van der Waals surface area contributed by atoms with Crippen LogP contribution in [-0.2, 0) is 4.74 Å². The number of amides is 1. The van der Waals surface area contributed by atoms with Crippen molar-refractivity contribution in [1.82, 2.24) is 5.32 Å². The first-order chi connectivity index (χ1) is 8.49. The van der Waals surface area contributed by atoms with Crippen molar-refractivity contribution in [3.8, 4) is 0 Å². The highest BCUT2D eigenvalue weighted by molar-refractivity contribution is 5.70. The van der Waals surface area contributed by atoms with Gasteiger partial charge in [0.2, 0.25) is 0 Å². The normalized spacial score (nSPS) is 26.2. The van der Waals surface area contributed by atoms with Crippen LogP contribution in [0.3, 0.4) is 0 Å². The average Bonchev–Trinajstić information content (AvgIpc) is 2.68. The fourth-order valence-electron chi connectivity index (χ4n) is 2.19. The van der Waals surface area contributed by atoms with Gasteiger partial charge in [0.1, 0.15) is 6.10 Å². The quantitative estimate of drug-likeness (QED) is 0.448. The molecule has 1 aliphatic rings. The maximum atomic E-state index is 11.4. The van der Waals surface area contributed by atoms with Crippen LogP contribution in [-0.4, -0.2) is 24.3 Å². The Kier molecular flexibility index (Phi) is 5.28. The fraction of sp³-hybridized carbons (Fsp3) is 0.917. The number of hydrogen-bond donors (Lipinski definition) is 1. The molecule has 6 heteroatoms. The van der Waals surface area contributed by atoms with Crippen LogP contribution in [0, 0.1) is 11.8 Å². The Balaban J connectivity index is 2.73. The van der Waals surface area contributed by atoms with E-state index in [-0.39, 0.29) is 30.2 Å². The molecule has 18 heavy (non-hydrogen) atoms. The molecule has 0 radical (unpaired) electrons. The molecule has 1 unspecified atom stereocenters. The Labute approximate surface area is 108 Å². The fourth-order valence-corrected chi connectivity index (χ4v) is 2.19. The van der Waals surface area contributed by atoms with E-state index in [4.69, 9.17) is 10.3 Å². The summed E-state index contributed by atoms with van der Waals surface area (Å²) >= 11 is 0. The number of alkyl carbamates (subject to hydrolysis) is 1. The Morgan fingerprint density at radius 3 is 2.67 bits per heavy atom. The van der Waals surface area contributed by atoms with Gasteiger partial charge in [0.05, 0.1) is 6.04 Å². The zero-order valence-electron chi connectivity index (χ0n) is 11.5. The smallest absolute Gasteiger partial charge is 0.407 e. The van der Waals surface area contributed by atoms with E-state index in [0.717, 1.165) is 6.42 Å². The molecule has 6 nitrogen and oxygen atoms in total. The molecule has 0 aromatic rings. The van der Waals surface area contributed by atoms with E-state index in [2.05, 4.69) is 29.2 Å². The number of nitrogens with one attached hydrogen (secondary N) is 1. The first-order valence-electron chi connectivity index (χ1n) is 6.50. The molecular formula is C12H22N4O2. The largest absolute Gasteiger partial charge is 0.444 e. The van der Waals surface area contributed by atoms with Gasteiger partial charge in [-0.3, -0.25) is 0 Å². The molecule has 0 bridgehead atoms. The second kappa shape index (κ2) is 6.50. The van der Waals surface area contributed by atoms with E-state index >= 15 is 0 Å². The van der Waals surface area contributed by atoms with Crippen molar-refractivity contribution in [2.75, 3.05) is 0 Å². The monoisotopic (exact) mass is 254 g/mol. The molecule has 1 saturated heterocycles. The molecule has 0 aromatic carbocycles. The summed E-state index contributed by atoms with van der Waals surface area (Å²) in [4.78, 5) is 14.2. The minimum Gasteiger partial charge on any atom is -0.444 e. The summed E-state index contributed by atoms with van der Waals surface area (Å²) in [6, 6.07) is -0.128. The number of hydrogen-bond acceptors (Lipinski definition) is 3. The minimum atomic E-state index is -0.367. The third kappa shape index (κ3) is 3.53. The number of carbonyl (C=O) groups is 1. The number of carbonyl (C=O) groups excluding carboxylic acids is 1. The third-order valence-corrected chi connectivity index (χ3v) is 3.64. The molecule has 0 aliphatic carbocycles. The van der Waals surface area contributed by atoms with E-state index in [1.54, 1.807) is 0 Å². The molecule has 0 spiro atoms. The zero-order chi connectivity index (χ0) is 13.7. The Morgan fingerprint density at radius 2 is 2.17 bits per heavy atom. The van der Waals surface area contributed by atoms with Crippen molar-refractivity contribution in [2.45, 2.75) is 58.7 Å². The van der Waals surface area contributed by atoms with Gasteiger partial charge in [0, 0.05) is 11.0 Å². The molecule has 1 amide bonds. The van der Waals surface area contributed by atoms with E-state index < -0.39 is 0 Å². The van der Waals surface area contributed by atoms with Crippen LogP contribution < -0.4 is 5.32 Å². The highest BCUT2D eigenvalue weighted by Gasteiger charge is 2.38. The Bertz CT molecular complexity index is 339. The van der Waals surface area contributed by atoms with Crippen LogP contribution in [0.25, 0.3) is 10.4 Å². The average molecular weight is 254 g/mol. The number of ether oxygens (including phenoxy) is 1. The first kappa shape index (κ1) is 14.6. The maximum Gasteiger partial charge on any atom is 0.407 e. The highest BCUT2D eigenvalue weighted by atomic mass is 16.6. The predicted octanol–water partition coefficient (Wildman–Crippen LogP) is 3.23. The zero-order valence-corrected chi connectivity index (χ0v) is 11.5. The van der Waals surface area contributed by atoms with Gasteiger partial charge in [-0.2, -0.15) is 0 Å². The van der Waals surface area contributed by atoms with Crippen molar-refractivity contribution in [3.05, 3.63) is 10.4 Å². The lowest BCUT2D eigenvalue weighted by Gasteiger charge is -2.25. The van der Waals surface area contributed by atoms with Crippen molar-refractivity contribution < 1.29 is 9.53 Å². The number of rotatable bonds is 6. The van der Waals surface area contributed by atoms with Crippen LogP contribution in [0.15, 0.2) is 5.11 Å². The number of cyclic esters (lactones) is 1. The lowest BCUT2D eigenvalue weighted by Crippen LogP contribution is -2.39. The van der Waals surface area contributed by atoms with E-state index in [0.29, 0.717) is 12.3 Å². The van der Waals surface area contributed by atoms with Crippen LogP contribution >= 0.6 is 0 Å². The number of azide groups is 1. The second-order valence-electron chi connectivity index (χ2n) is 5.25. The number of nitrogens with zero attached hydrogens (tertiary/aromatic N) is 3. The minimum absolute atomic E-state index is 0.0117. The summed E-state index contributed by atoms with van der Waals surface area (Å²) in [5, 5.41) is 6.64. The Morgan fingerprint density at radius 1 is 1.50 bits per heavy atom. The molecular weight excluding hydrogens is 232 g/mol. The maximum absolute atomic E-state index is 11.4. The van der Waals surface area contributed by atoms with E-state index in [1.807, 2.05) is 13.8 Å². The lowest BCUT2D eigenvalue weighted by atomic mass is 9.89. The molecule has 1 rings (SSSR count). The molecule has 1 fully saturated rings. The van der Waals surface area contributed by atoms with Crippen LogP contribution in [0.2, 0.25) is 0 Å². The second-order valence-corrected chi connectivity index (χ2v) is 5.25. The summed E-state index contributed by atoms with van der Waals surface area (Å²) in [5.74, 6) is 0.582. The predicted molar refractivity (Wildman–Crippen MR) is 69.0 cm³/mol. The van der Waals surface area contributed by atoms with Crippen molar-refractivity contribution in [3.63, 3.8) is 0 Å². The SMILES string of the molecule is CCC(C)[C@@H]1NC(=O)O[C@@H]1C[C@@H](N=[N+]=[N-])C(C)C. The summed E-state index contributed by atoms with van der Waals surface area (Å²) in [6.07, 6.45) is 0.979. The molecule has 1 heterocycles. The molecule has 0 saturated carbocycles. The van der Waals surface area contributed by atoms with Crippen molar-refractivity contribution >= 4 is 6.09 Å². The van der Waals surface area contributed by atoms with Gasteiger partial charge >= 0.3 is 6.09 Å². The third-order valence-electron chi connectivity index (χ3n) is 3.64. The first-order valence-corrected chi connectivity index (χ1v) is 6.50.